The van der Waals surface area contributed by atoms with Crippen molar-refractivity contribution in [2.24, 2.45) is 0 Å². The van der Waals surface area contributed by atoms with E-state index in [-0.39, 0.29) is 29.5 Å². The first kappa shape index (κ1) is 34.5. The van der Waals surface area contributed by atoms with Crippen LogP contribution in [0.4, 0.5) is 5.69 Å². The van der Waals surface area contributed by atoms with Gasteiger partial charge in [-0.3, -0.25) is 13.9 Å². The minimum absolute atomic E-state index is 0.0745. The molecule has 4 rings (SSSR count). The zero-order chi connectivity index (χ0) is 33.3. The second-order valence-electron chi connectivity index (χ2n) is 10.6. The third-order valence-corrected chi connectivity index (χ3v) is 9.67. The molecule has 0 fully saturated rings. The summed E-state index contributed by atoms with van der Waals surface area (Å²) in [4.78, 5) is 29.5. The van der Waals surface area contributed by atoms with Gasteiger partial charge in [-0.05, 0) is 61.4 Å². The van der Waals surface area contributed by atoms with Gasteiger partial charge in [0.1, 0.15) is 12.6 Å². The number of benzene rings is 4. The van der Waals surface area contributed by atoms with Crippen molar-refractivity contribution in [3.63, 3.8) is 0 Å². The number of nitrogens with zero attached hydrogens (tertiary/aromatic N) is 2. The minimum Gasteiger partial charge on any atom is -0.493 e. The van der Waals surface area contributed by atoms with Crippen LogP contribution in [0.2, 0.25) is 0 Å². The van der Waals surface area contributed by atoms with E-state index in [1.54, 1.807) is 24.3 Å². The Morgan fingerprint density at radius 2 is 1.52 bits per heavy atom. The van der Waals surface area contributed by atoms with Gasteiger partial charge in [-0.25, -0.2) is 8.42 Å². The molecule has 0 aliphatic rings. The number of hydrogen-bond acceptors (Lipinski definition) is 6. The van der Waals surface area contributed by atoms with Crippen LogP contribution in [0.15, 0.2) is 106 Å². The summed E-state index contributed by atoms with van der Waals surface area (Å²) < 4.78 is 41.2. The molecule has 0 saturated carbocycles. The lowest BCUT2D eigenvalue weighted by molar-refractivity contribution is -0.140. The second kappa shape index (κ2) is 15.8. The Bertz CT molecular complexity index is 1750. The van der Waals surface area contributed by atoms with Gasteiger partial charge >= 0.3 is 0 Å². The van der Waals surface area contributed by atoms with Crippen LogP contribution in [0.5, 0.6) is 11.5 Å². The van der Waals surface area contributed by atoms with Gasteiger partial charge in [-0.1, -0.05) is 76.1 Å². The number of amides is 2. The number of ether oxygens (including phenoxy) is 2. The molecule has 46 heavy (non-hydrogen) atoms. The van der Waals surface area contributed by atoms with E-state index in [4.69, 9.17) is 9.47 Å². The van der Waals surface area contributed by atoms with Crippen LogP contribution in [0.25, 0.3) is 0 Å². The number of anilines is 1. The average molecular weight is 709 g/mol. The Morgan fingerprint density at radius 1 is 0.848 bits per heavy atom. The van der Waals surface area contributed by atoms with Crippen molar-refractivity contribution in [1.29, 1.82) is 0 Å². The third-order valence-electron chi connectivity index (χ3n) is 7.41. The van der Waals surface area contributed by atoms with E-state index in [2.05, 4.69) is 21.2 Å². The quantitative estimate of drug-likeness (QED) is 0.179. The summed E-state index contributed by atoms with van der Waals surface area (Å²) in [6.07, 6.45) is 0.235. The monoisotopic (exact) mass is 707 g/mol. The van der Waals surface area contributed by atoms with Crippen molar-refractivity contribution < 1.29 is 27.5 Å². The molecule has 11 heteroatoms. The molecule has 0 aliphatic carbocycles. The van der Waals surface area contributed by atoms with Crippen LogP contribution in [0.1, 0.15) is 23.6 Å². The van der Waals surface area contributed by atoms with Crippen LogP contribution >= 0.6 is 15.9 Å². The molecule has 0 heterocycles. The maximum atomic E-state index is 14.5. The smallest absolute Gasteiger partial charge is 0.264 e. The van der Waals surface area contributed by atoms with Crippen molar-refractivity contribution in [3.05, 3.63) is 118 Å². The first-order chi connectivity index (χ1) is 22.1. The number of sulfonamides is 1. The summed E-state index contributed by atoms with van der Waals surface area (Å²) in [6, 6.07) is 27.1. The maximum absolute atomic E-state index is 14.5. The SMILES string of the molecule is CCNC(=O)[C@@H](Cc1ccccc1)N(Cc1cccc(Br)c1)C(=O)CN(c1ccc(C)cc1)S(=O)(=O)c1ccc(OC)c(OC)c1. The number of halogens is 1. The molecule has 242 valence electrons. The molecule has 9 nitrogen and oxygen atoms in total. The molecule has 0 radical (unpaired) electrons. The Kier molecular flexibility index (Phi) is 11.8. The fraction of sp³-hybridized carbons (Fsp3) is 0.257. The normalized spacial score (nSPS) is 11.8. The molecule has 2 amide bonds. The van der Waals surface area contributed by atoms with Crippen LogP contribution in [0, 0.1) is 6.92 Å². The molecular formula is C35H38BrN3O6S. The first-order valence-corrected chi connectivity index (χ1v) is 17.0. The first-order valence-electron chi connectivity index (χ1n) is 14.7. The standard InChI is InChI=1S/C35H38BrN3O6S/c1-5-37-35(41)31(21-26-10-7-6-8-11-26)38(23-27-12-9-13-28(36)20-27)34(40)24-39(29-16-14-25(2)15-17-29)46(42,43)30-18-19-32(44-3)33(22-30)45-4/h6-20,22,31H,5,21,23-24H2,1-4H3,(H,37,41)/t31-/m1/s1. The van der Waals surface area contributed by atoms with Crippen LogP contribution in [0.3, 0.4) is 0 Å². The zero-order valence-electron chi connectivity index (χ0n) is 26.3. The van der Waals surface area contributed by atoms with E-state index in [1.807, 2.05) is 68.4 Å². The van der Waals surface area contributed by atoms with Gasteiger partial charge in [0.05, 0.1) is 24.8 Å². The fourth-order valence-corrected chi connectivity index (χ4v) is 6.90. The maximum Gasteiger partial charge on any atom is 0.264 e. The zero-order valence-corrected chi connectivity index (χ0v) is 28.7. The lowest BCUT2D eigenvalue weighted by Crippen LogP contribution is -2.53. The lowest BCUT2D eigenvalue weighted by atomic mass is 10.0. The highest BCUT2D eigenvalue weighted by molar-refractivity contribution is 9.10. The molecule has 0 bridgehead atoms. The van der Waals surface area contributed by atoms with Crippen LogP contribution < -0.4 is 19.1 Å². The topological polar surface area (TPSA) is 105 Å². The Morgan fingerprint density at radius 3 is 2.15 bits per heavy atom. The summed E-state index contributed by atoms with van der Waals surface area (Å²) in [5.74, 6) is -0.282. The second-order valence-corrected chi connectivity index (χ2v) is 13.4. The molecular weight excluding hydrogens is 670 g/mol. The minimum atomic E-state index is -4.31. The Hall–Kier alpha value is -4.35. The highest BCUT2D eigenvalue weighted by atomic mass is 79.9. The number of aryl methyl sites for hydroxylation is 1. The molecule has 0 unspecified atom stereocenters. The fourth-order valence-electron chi connectivity index (χ4n) is 5.02. The number of hydrogen-bond donors (Lipinski definition) is 1. The van der Waals surface area contributed by atoms with Crippen molar-refractivity contribution in [2.75, 3.05) is 31.6 Å². The van der Waals surface area contributed by atoms with Gasteiger partial charge < -0.3 is 19.7 Å². The van der Waals surface area contributed by atoms with E-state index in [0.717, 1.165) is 25.5 Å². The highest BCUT2D eigenvalue weighted by Gasteiger charge is 2.35. The lowest BCUT2D eigenvalue weighted by Gasteiger charge is -2.34. The van der Waals surface area contributed by atoms with E-state index < -0.39 is 28.5 Å². The molecule has 4 aromatic rings. The number of likely N-dealkylation sites (N-methyl/N-ethyl adjacent to an activating group) is 1. The Labute approximate surface area is 279 Å². The molecule has 0 aliphatic heterocycles. The molecule has 0 aromatic heterocycles. The van der Waals surface area contributed by atoms with Gasteiger partial charge in [-0.15, -0.1) is 0 Å². The summed E-state index contributed by atoms with van der Waals surface area (Å²) in [5, 5.41) is 2.87. The number of rotatable bonds is 14. The molecule has 4 aromatic carbocycles. The van der Waals surface area contributed by atoms with E-state index in [1.165, 1.54) is 37.3 Å². The third kappa shape index (κ3) is 8.46. The van der Waals surface area contributed by atoms with E-state index in [0.29, 0.717) is 18.0 Å². The predicted molar refractivity (Wildman–Crippen MR) is 183 cm³/mol. The van der Waals surface area contributed by atoms with Crippen molar-refractivity contribution in [1.82, 2.24) is 10.2 Å². The summed E-state index contributed by atoms with van der Waals surface area (Å²) in [7, 11) is -1.42. The number of nitrogens with one attached hydrogen (secondary N) is 1. The van der Waals surface area contributed by atoms with Gasteiger partial charge in [0, 0.05) is 30.0 Å². The van der Waals surface area contributed by atoms with E-state index >= 15 is 0 Å². The molecule has 1 atom stereocenters. The van der Waals surface area contributed by atoms with Crippen LogP contribution in [-0.4, -0.2) is 58.5 Å². The predicted octanol–water partition coefficient (Wildman–Crippen LogP) is 5.75. The van der Waals surface area contributed by atoms with Gasteiger partial charge in [-0.2, -0.15) is 0 Å². The average Bonchev–Trinajstić information content (AvgIpc) is 3.05. The van der Waals surface area contributed by atoms with Crippen molar-refractivity contribution >= 4 is 43.5 Å². The largest absolute Gasteiger partial charge is 0.493 e. The highest BCUT2D eigenvalue weighted by Crippen LogP contribution is 2.32. The molecule has 0 saturated heterocycles. The van der Waals surface area contributed by atoms with Crippen LogP contribution in [-0.2, 0) is 32.6 Å². The van der Waals surface area contributed by atoms with Gasteiger partial charge in [0.15, 0.2) is 11.5 Å². The summed E-state index contributed by atoms with van der Waals surface area (Å²) >= 11 is 3.49. The van der Waals surface area contributed by atoms with E-state index in [9.17, 15) is 18.0 Å². The molecule has 0 spiro atoms. The number of methoxy groups -OCH3 is 2. The van der Waals surface area contributed by atoms with Crippen molar-refractivity contribution in [2.45, 2.75) is 37.8 Å². The van der Waals surface area contributed by atoms with Gasteiger partial charge in [0.2, 0.25) is 11.8 Å². The summed E-state index contributed by atoms with van der Waals surface area (Å²) in [5.41, 5.74) is 2.86. The Balaban J connectivity index is 1.82. The summed E-state index contributed by atoms with van der Waals surface area (Å²) in [6.45, 7) is 3.59. The van der Waals surface area contributed by atoms with Crippen molar-refractivity contribution in [3.8, 4) is 11.5 Å². The number of carbonyl (C=O) groups is 2. The number of carbonyl (C=O) groups excluding carboxylic acids is 2. The molecule has 1 N–H and O–H groups in total. The van der Waals surface area contributed by atoms with Gasteiger partial charge in [0.25, 0.3) is 10.0 Å².